The van der Waals surface area contributed by atoms with Crippen molar-refractivity contribution in [2.24, 2.45) is 0 Å². The Hall–Kier alpha value is -2.64. The highest BCUT2D eigenvalue weighted by molar-refractivity contribution is 5.96. The lowest BCUT2D eigenvalue weighted by Crippen LogP contribution is -2.34. The molecule has 8 nitrogen and oxygen atoms in total. The molecule has 23 heavy (non-hydrogen) atoms. The first-order chi connectivity index (χ1) is 10.9. The van der Waals surface area contributed by atoms with Gasteiger partial charge >= 0.3 is 5.97 Å². The largest absolute Gasteiger partial charge is 0.469 e. The second kappa shape index (κ2) is 7.08. The van der Waals surface area contributed by atoms with Gasteiger partial charge in [-0.05, 0) is 31.9 Å². The van der Waals surface area contributed by atoms with Crippen molar-refractivity contribution in [3.05, 3.63) is 33.9 Å². The maximum Gasteiger partial charge on any atom is 0.307 e. The van der Waals surface area contributed by atoms with Crippen LogP contribution in [-0.2, 0) is 9.53 Å². The third-order valence-corrected chi connectivity index (χ3v) is 3.47. The smallest absolute Gasteiger partial charge is 0.307 e. The Labute approximate surface area is 133 Å². The Bertz CT molecular complexity index is 628. The molecule has 1 saturated carbocycles. The maximum absolute atomic E-state index is 12.1. The van der Waals surface area contributed by atoms with Gasteiger partial charge in [-0.3, -0.25) is 19.7 Å². The molecule has 1 aliphatic rings. The Morgan fingerprint density at radius 1 is 1.43 bits per heavy atom. The van der Waals surface area contributed by atoms with E-state index < -0.39 is 22.8 Å². The molecule has 0 heterocycles. The van der Waals surface area contributed by atoms with Crippen LogP contribution in [-0.4, -0.2) is 36.0 Å². The molecule has 0 bridgehead atoms. The first-order valence-electron chi connectivity index (χ1n) is 7.33. The Morgan fingerprint density at radius 2 is 2.13 bits per heavy atom. The molecule has 1 aromatic rings. The van der Waals surface area contributed by atoms with E-state index in [1.807, 2.05) is 0 Å². The quantitative estimate of drug-likeness (QED) is 0.450. The summed E-state index contributed by atoms with van der Waals surface area (Å²) in [6.45, 7) is 1.66. The van der Waals surface area contributed by atoms with Crippen molar-refractivity contribution < 1.29 is 19.2 Å². The van der Waals surface area contributed by atoms with E-state index in [1.54, 1.807) is 6.92 Å². The minimum atomic E-state index is -0.515. The van der Waals surface area contributed by atoms with Gasteiger partial charge in [0.2, 0.25) is 0 Å². The predicted molar refractivity (Wildman–Crippen MR) is 83.3 cm³/mol. The average molecular weight is 321 g/mol. The van der Waals surface area contributed by atoms with Crippen molar-refractivity contribution in [1.82, 2.24) is 5.32 Å². The Balaban J connectivity index is 2.09. The van der Waals surface area contributed by atoms with Gasteiger partial charge in [0.05, 0.1) is 18.5 Å². The predicted octanol–water partition coefficient (Wildman–Crippen LogP) is 1.85. The number of nitrogens with zero attached hydrogens (tertiary/aromatic N) is 1. The Kier molecular flexibility index (Phi) is 5.15. The van der Waals surface area contributed by atoms with E-state index >= 15 is 0 Å². The van der Waals surface area contributed by atoms with Crippen LogP contribution >= 0.6 is 0 Å². The van der Waals surface area contributed by atoms with Crippen LogP contribution in [0.25, 0.3) is 0 Å². The normalized spacial score (nSPS) is 14.7. The number of carbonyl (C=O) groups excluding carboxylic acids is 2. The number of hydrogen-bond donors (Lipinski definition) is 2. The zero-order chi connectivity index (χ0) is 17.0. The summed E-state index contributed by atoms with van der Waals surface area (Å²) < 4.78 is 4.53. The van der Waals surface area contributed by atoms with Gasteiger partial charge in [-0.1, -0.05) is 0 Å². The molecule has 124 valence electrons. The molecular formula is C15H19N3O5. The first kappa shape index (κ1) is 16.7. The van der Waals surface area contributed by atoms with Gasteiger partial charge in [0.25, 0.3) is 11.6 Å². The number of nitrogens with one attached hydrogen (secondary N) is 2. The van der Waals surface area contributed by atoms with Crippen LogP contribution in [0.1, 0.15) is 36.5 Å². The summed E-state index contributed by atoms with van der Waals surface area (Å²) in [5.41, 5.74) is 0.455. The monoisotopic (exact) mass is 321 g/mol. The SMILES string of the molecule is COC(=O)CC(C)NC(=O)c1ccc(NC2CC2)c([N+](=O)[O-])c1. The molecule has 0 saturated heterocycles. The van der Waals surface area contributed by atoms with Crippen LogP contribution in [0, 0.1) is 10.1 Å². The summed E-state index contributed by atoms with van der Waals surface area (Å²) in [5.74, 6) is -0.907. The van der Waals surface area contributed by atoms with Crippen LogP contribution in [0.4, 0.5) is 11.4 Å². The summed E-state index contributed by atoms with van der Waals surface area (Å²) in [5, 5.41) is 16.9. The van der Waals surface area contributed by atoms with Crippen molar-refractivity contribution in [3.63, 3.8) is 0 Å². The van der Waals surface area contributed by atoms with Crippen LogP contribution in [0.2, 0.25) is 0 Å². The lowest BCUT2D eigenvalue weighted by molar-refractivity contribution is -0.384. The first-order valence-corrected chi connectivity index (χ1v) is 7.33. The lowest BCUT2D eigenvalue weighted by Gasteiger charge is -2.13. The summed E-state index contributed by atoms with van der Waals surface area (Å²) in [6.07, 6.45) is 2.01. The second-order valence-electron chi connectivity index (χ2n) is 5.56. The highest BCUT2D eigenvalue weighted by Crippen LogP contribution is 2.31. The van der Waals surface area contributed by atoms with Crippen molar-refractivity contribution >= 4 is 23.3 Å². The van der Waals surface area contributed by atoms with E-state index in [-0.39, 0.29) is 23.7 Å². The fraction of sp³-hybridized carbons (Fsp3) is 0.467. The molecule has 1 atom stereocenters. The zero-order valence-electron chi connectivity index (χ0n) is 13.0. The topological polar surface area (TPSA) is 111 Å². The van der Waals surface area contributed by atoms with Crippen LogP contribution in [0.5, 0.6) is 0 Å². The molecule has 0 radical (unpaired) electrons. The lowest BCUT2D eigenvalue weighted by atomic mass is 10.1. The fourth-order valence-corrected chi connectivity index (χ4v) is 2.09. The molecule has 2 rings (SSSR count). The molecule has 2 N–H and O–H groups in total. The molecule has 1 fully saturated rings. The third kappa shape index (κ3) is 4.67. The number of ether oxygens (including phenoxy) is 1. The molecule has 1 unspecified atom stereocenters. The maximum atomic E-state index is 12.1. The number of nitro groups is 1. The highest BCUT2D eigenvalue weighted by Gasteiger charge is 2.25. The molecule has 1 aromatic carbocycles. The second-order valence-corrected chi connectivity index (χ2v) is 5.56. The number of methoxy groups -OCH3 is 1. The molecule has 8 heteroatoms. The van der Waals surface area contributed by atoms with E-state index in [9.17, 15) is 19.7 Å². The van der Waals surface area contributed by atoms with E-state index in [0.717, 1.165) is 12.8 Å². The number of amides is 1. The highest BCUT2D eigenvalue weighted by atomic mass is 16.6. The number of nitro benzene ring substituents is 1. The van der Waals surface area contributed by atoms with Gasteiger partial charge in [-0.2, -0.15) is 0 Å². The van der Waals surface area contributed by atoms with E-state index in [4.69, 9.17) is 0 Å². The van der Waals surface area contributed by atoms with Gasteiger partial charge < -0.3 is 15.4 Å². The Morgan fingerprint density at radius 3 is 2.70 bits per heavy atom. The van der Waals surface area contributed by atoms with E-state index in [0.29, 0.717) is 5.69 Å². The summed E-state index contributed by atoms with van der Waals surface area (Å²) in [4.78, 5) is 34.0. The van der Waals surface area contributed by atoms with E-state index in [2.05, 4.69) is 15.4 Å². The van der Waals surface area contributed by atoms with Gasteiger partial charge in [0.1, 0.15) is 5.69 Å². The summed E-state index contributed by atoms with van der Waals surface area (Å²) in [7, 11) is 1.27. The number of esters is 1. The van der Waals surface area contributed by atoms with Gasteiger partial charge in [0, 0.05) is 23.7 Å². The van der Waals surface area contributed by atoms with Crippen molar-refractivity contribution in [2.75, 3.05) is 12.4 Å². The molecule has 0 aromatic heterocycles. The third-order valence-electron chi connectivity index (χ3n) is 3.47. The zero-order valence-corrected chi connectivity index (χ0v) is 13.0. The summed E-state index contributed by atoms with van der Waals surface area (Å²) in [6, 6.07) is 4.14. The molecule has 1 aliphatic carbocycles. The molecular weight excluding hydrogens is 302 g/mol. The van der Waals surface area contributed by atoms with Gasteiger partial charge in [-0.25, -0.2) is 0 Å². The number of carbonyl (C=O) groups is 2. The van der Waals surface area contributed by atoms with Crippen LogP contribution in [0.3, 0.4) is 0 Å². The number of anilines is 1. The average Bonchev–Trinajstić information content (AvgIpc) is 3.30. The minimum absolute atomic E-state index is 0.0334. The van der Waals surface area contributed by atoms with E-state index in [1.165, 1.54) is 25.3 Å². The number of hydrogen-bond acceptors (Lipinski definition) is 6. The molecule has 0 aliphatic heterocycles. The minimum Gasteiger partial charge on any atom is -0.469 e. The molecule has 0 spiro atoms. The van der Waals surface area contributed by atoms with Crippen molar-refractivity contribution in [1.29, 1.82) is 0 Å². The van der Waals surface area contributed by atoms with Crippen molar-refractivity contribution in [2.45, 2.75) is 38.3 Å². The van der Waals surface area contributed by atoms with Crippen LogP contribution in [0.15, 0.2) is 18.2 Å². The number of rotatable bonds is 7. The summed E-state index contributed by atoms with van der Waals surface area (Å²) >= 11 is 0. The fourth-order valence-electron chi connectivity index (χ4n) is 2.09. The van der Waals surface area contributed by atoms with Gasteiger partial charge in [-0.15, -0.1) is 0 Å². The van der Waals surface area contributed by atoms with Crippen LogP contribution < -0.4 is 10.6 Å². The van der Waals surface area contributed by atoms with Crippen molar-refractivity contribution in [3.8, 4) is 0 Å². The number of benzene rings is 1. The van der Waals surface area contributed by atoms with Gasteiger partial charge in [0.15, 0.2) is 0 Å². The molecule has 1 amide bonds. The standard InChI is InChI=1S/C15H19N3O5/c1-9(7-14(19)23-2)16-15(20)10-3-6-12(17-11-4-5-11)13(8-10)18(21)22/h3,6,8-9,11,17H,4-5,7H2,1-2H3,(H,16,20).